The Labute approximate surface area is 161 Å². The SMILES string of the molecule is Cc1ccnc(C2CN(Cc3ccccc3)CC2NC(=O)OC(C)(C)C)c1. The van der Waals surface area contributed by atoms with Crippen LogP contribution >= 0.6 is 0 Å². The quantitative estimate of drug-likeness (QED) is 0.891. The van der Waals surface area contributed by atoms with Crippen molar-refractivity contribution in [2.45, 2.75) is 51.8 Å². The van der Waals surface area contributed by atoms with E-state index in [-0.39, 0.29) is 18.1 Å². The first kappa shape index (κ1) is 19.4. The number of alkyl carbamates (subject to hydrolysis) is 1. The number of hydrogen-bond acceptors (Lipinski definition) is 4. The summed E-state index contributed by atoms with van der Waals surface area (Å²) in [5, 5.41) is 3.08. The number of amides is 1. The maximum absolute atomic E-state index is 12.4. The van der Waals surface area contributed by atoms with Gasteiger partial charge in [-0.1, -0.05) is 30.3 Å². The number of ether oxygens (including phenoxy) is 1. The fourth-order valence-electron chi connectivity index (χ4n) is 3.52. The summed E-state index contributed by atoms with van der Waals surface area (Å²) in [4.78, 5) is 19.3. The standard InChI is InChI=1S/C22H29N3O2/c1-16-10-11-23-19(12-16)18-14-25(13-17-8-6-5-7-9-17)15-20(18)24-21(26)27-22(2,3)4/h5-12,18,20H,13-15H2,1-4H3,(H,24,26). The average Bonchev–Trinajstić information content (AvgIpc) is 2.96. The van der Waals surface area contributed by atoms with Gasteiger partial charge in [0.2, 0.25) is 0 Å². The van der Waals surface area contributed by atoms with E-state index < -0.39 is 5.60 Å². The summed E-state index contributed by atoms with van der Waals surface area (Å²) in [6.45, 7) is 10.2. The van der Waals surface area contributed by atoms with E-state index in [1.54, 1.807) is 0 Å². The zero-order valence-electron chi connectivity index (χ0n) is 16.6. The van der Waals surface area contributed by atoms with Crippen LogP contribution < -0.4 is 5.32 Å². The smallest absolute Gasteiger partial charge is 0.407 e. The van der Waals surface area contributed by atoms with Crippen molar-refractivity contribution >= 4 is 6.09 Å². The molecule has 27 heavy (non-hydrogen) atoms. The molecule has 1 saturated heterocycles. The second-order valence-electron chi connectivity index (χ2n) is 8.30. The molecule has 0 aliphatic carbocycles. The normalized spacial score (nSPS) is 20.4. The first-order valence-corrected chi connectivity index (χ1v) is 9.48. The molecule has 1 aliphatic rings. The van der Waals surface area contributed by atoms with E-state index in [0.717, 1.165) is 25.3 Å². The first-order chi connectivity index (χ1) is 12.8. The molecule has 5 heteroatoms. The average molecular weight is 367 g/mol. The van der Waals surface area contributed by atoms with E-state index in [9.17, 15) is 4.79 Å². The Morgan fingerprint density at radius 3 is 2.63 bits per heavy atom. The van der Waals surface area contributed by atoms with Crippen LogP contribution in [0.1, 0.15) is 43.5 Å². The third-order valence-electron chi connectivity index (χ3n) is 4.66. The zero-order valence-corrected chi connectivity index (χ0v) is 16.6. The van der Waals surface area contributed by atoms with Crippen LogP contribution in [-0.4, -0.2) is 40.7 Å². The van der Waals surface area contributed by atoms with Crippen LogP contribution in [0.15, 0.2) is 48.7 Å². The van der Waals surface area contributed by atoms with E-state index in [1.807, 2.05) is 39.1 Å². The van der Waals surface area contributed by atoms with Crippen molar-refractivity contribution in [2.75, 3.05) is 13.1 Å². The highest BCUT2D eigenvalue weighted by atomic mass is 16.6. The molecule has 1 fully saturated rings. The van der Waals surface area contributed by atoms with E-state index in [2.05, 4.69) is 52.5 Å². The number of rotatable bonds is 4. The molecule has 2 unspecified atom stereocenters. The molecule has 1 N–H and O–H groups in total. The Morgan fingerprint density at radius 2 is 1.96 bits per heavy atom. The summed E-state index contributed by atoms with van der Waals surface area (Å²) >= 11 is 0. The maximum Gasteiger partial charge on any atom is 0.407 e. The van der Waals surface area contributed by atoms with Gasteiger partial charge in [0.05, 0.1) is 6.04 Å². The fraction of sp³-hybridized carbons (Fsp3) is 0.455. The maximum atomic E-state index is 12.4. The van der Waals surface area contributed by atoms with Gasteiger partial charge in [0.25, 0.3) is 0 Å². The van der Waals surface area contributed by atoms with Crippen molar-refractivity contribution < 1.29 is 9.53 Å². The highest BCUT2D eigenvalue weighted by Gasteiger charge is 2.36. The van der Waals surface area contributed by atoms with Crippen LogP contribution in [0.2, 0.25) is 0 Å². The van der Waals surface area contributed by atoms with Gasteiger partial charge < -0.3 is 10.1 Å². The van der Waals surface area contributed by atoms with Gasteiger partial charge in [0.1, 0.15) is 5.60 Å². The number of carbonyl (C=O) groups excluding carboxylic acids is 1. The molecule has 2 aromatic rings. The predicted octanol–water partition coefficient (Wildman–Crippen LogP) is 3.88. The van der Waals surface area contributed by atoms with Crippen molar-refractivity contribution in [3.8, 4) is 0 Å². The first-order valence-electron chi connectivity index (χ1n) is 9.48. The summed E-state index contributed by atoms with van der Waals surface area (Å²) in [6.07, 6.45) is 1.47. The predicted molar refractivity (Wildman–Crippen MR) is 107 cm³/mol. The number of aromatic nitrogens is 1. The Bertz CT molecular complexity index is 771. The highest BCUT2D eigenvalue weighted by molar-refractivity contribution is 5.68. The number of likely N-dealkylation sites (tertiary alicyclic amines) is 1. The summed E-state index contributed by atoms with van der Waals surface area (Å²) in [5.74, 6) is 0.140. The molecule has 2 atom stereocenters. The van der Waals surface area contributed by atoms with E-state index in [4.69, 9.17) is 4.74 Å². The number of hydrogen-bond donors (Lipinski definition) is 1. The Hall–Kier alpha value is -2.40. The minimum absolute atomic E-state index is 0.0298. The third kappa shape index (κ3) is 5.54. The van der Waals surface area contributed by atoms with Crippen molar-refractivity contribution in [1.82, 2.24) is 15.2 Å². The molecule has 1 aromatic carbocycles. The molecule has 0 saturated carbocycles. The van der Waals surface area contributed by atoms with Gasteiger partial charge in [-0.15, -0.1) is 0 Å². The molecule has 0 radical (unpaired) electrons. The van der Waals surface area contributed by atoms with Crippen LogP contribution in [0.25, 0.3) is 0 Å². The molecule has 3 rings (SSSR count). The minimum Gasteiger partial charge on any atom is -0.444 e. The molecular formula is C22H29N3O2. The summed E-state index contributed by atoms with van der Waals surface area (Å²) in [6, 6.07) is 14.5. The number of nitrogens with zero attached hydrogens (tertiary/aromatic N) is 2. The van der Waals surface area contributed by atoms with Crippen molar-refractivity contribution in [3.63, 3.8) is 0 Å². The van der Waals surface area contributed by atoms with Gasteiger partial charge in [0.15, 0.2) is 0 Å². The van der Waals surface area contributed by atoms with E-state index >= 15 is 0 Å². The van der Waals surface area contributed by atoms with Crippen LogP contribution in [0.4, 0.5) is 4.79 Å². The lowest BCUT2D eigenvalue weighted by atomic mass is 9.98. The van der Waals surface area contributed by atoms with Gasteiger partial charge in [-0.3, -0.25) is 9.88 Å². The van der Waals surface area contributed by atoms with E-state index in [0.29, 0.717) is 0 Å². The number of nitrogens with one attached hydrogen (secondary N) is 1. The summed E-state index contributed by atoms with van der Waals surface area (Å²) < 4.78 is 5.47. The largest absolute Gasteiger partial charge is 0.444 e. The minimum atomic E-state index is -0.510. The number of aryl methyl sites for hydroxylation is 1. The third-order valence-corrected chi connectivity index (χ3v) is 4.66. The number of benzene rings is 1. The topological polar surface area (TPSA) is 54.5 Å². The van der Waals surface area contributed by atoms with E-state index in [1.165, 1.54) is 11.1 Å². The van der Waals surface area contributed by atoms with Crippen molar-refractivity contribution in [1.29, 1.82) is 0 Å². The zero-order chi connectivity index (χ0) is 19.4. The Balaban J connectivity index is 1.75. The lowest BCUT2D eigenvalue weighted by Gasteiger charge is -2.24. The van der Waals surface area contributed by atoms with Crippen LogP contribution in [-0.2, 0) is 11.3 Å². The molecule has 1 aromatic heterocycles. The molecule has 2 heterocycles. The molecule has 1 aliphatic heterocycles. The molecule has 5 nitrogen and oxygen atoms in total. The van der Waals surface area contributed by atoms with Gasteiger partial charge in [-0.2, -0.15) is 0 Å². The van der Waals surface area contributed by atoms with Crippen LogP contribution in [0.3, 0.4) is 0 Å². The Kier molecular flexibility index (Phi) is 5.80. The molecule has 144 valence electrons. The summed E-state index contributed by atoms with van der Waals surface area (Å²) in [7, 11) is 0. The van der Waals surface area contributed by atoms with Crippen LogP contribution in [0.5, 0.6) is 0 Å². The van der Waals surface area contributed by atoms with Gasteiger partial charge >= 0.3 is 6.09 Å². The second-order valence-corrected chi connectivity index (χ2v) is 8.30. The highest BCUT2D eigenvalue weighted by Crippen LogP contribution is 2.28. The van der Waals surface area contributed by atoms with Gasteiger partial charge in [-0.05, 0) is 51.0 Å². The van der Waals surface area contributed by atoms with Crippen LogP contribution in [0, 0.1) is 6.92 Å². The van der Waals surface area contributed by atoms with Gasteiger partial charge in [0, 0.05) is 37.4 Å². The van der Waals surface area contributed by atoms with Gasteiger partial charge in [-0.25, -0.2) is 4.79 Å². The van der Waals surface area contributed by atoms with Crippen molar-refractivity contribution in [2.24, 2.45) is 0 Å². The number of pyridine rings is 1. The number of carbonyl (C=O) groups is 1. The molecular weight excluding hydrogens is 338 g/mol. The molecule has 0 spiro atoms. The fourth-order valence-corrected chi connectivity index (χ4v) is 3.52. The monoisotopic (exact) mass is 367 g/mol. The Morgan fingerprint density at radius 1 is 1.22 bits per heavy atom. The molecule has 1 amide bonds. The lowest BCUT2D eigenvalue weighted by molar-refractivity contribution is 0.0502. The second kappa shape index (κ2) is 8.09. The summed E-state index contributed by atoms with van der Waals surface area (Å²) in [5.41, 5.74) is 2.96. The lowest BCUT2D eigenvalue weighted by Crippen LogP contribution is -2.42. The van der Waals surface area contributed by atoms with Crippen molar-refractivity contribution in [3.05, 3.63) is 65.5 Å². The molecule has 0 bridgehead atoms.